The van der Waals surface area contributed by atoms with Crippen molar-refractivity contribution in [2.45, 2.75) is 12.6 Å². The van der Waals surface area contributed by atoms with Gasteiger partial charge in [-0.3, -0.25) is 0 Å². The first-order valence-corrected chi connectivity index (χ1v) is 6.07. The molecule has 0 aliphatic heterocycles. The first kappa shape index (κ1) is 16.3. The summed E-state index contributed by atoms with van der Waals surface area (Å²) in [5.74, 6) is 6.17. The Kier molecular flexibility index (Phi) is 6.91. The molecule has 0 fully saturated rings. The summed E-state index contributed by atoms with van der Waals surface area (Å²) in [6.45, 7) is 0.216. The van der Waals surface area contributed by atoms with Crippen molar-refractivity contribution in [2.75, 3.05) is 26.4 Å². The standard InChI is InChI=1S/C14H16F3NO2/c15-14(16,17)6-8-19-9-10-20-13-5-1-3-12(11-13)4-2-7-18/h1,3,5,11H,6-10,18H2. The second-order valence-electron chi connectivity index (χ2n) is 3.86. The van der Waals surface area contributed by atoms with Crippen LogP contribution in [0.3, 0.4) is 0 Å². The summed E-state index contributed by atoms with van der Waals surface area (Å²) in [6.07, 6.45) is -5.13. The fourth-order valence-corrected chi connectivity index (χ4v) is 1.33. The third-order valence-corrected chi connectivity index (χ3v) is 2.20. The van der Waals surface area contributed by atoms with E-state index >= 15 is 0 Å². The molecule has 0 amide bonds. The molecular weight excluding hydrogens is 271 g/mol. The van der Waals surface area contributed by atoms with Gasteiger partial charge in [-0.1, -0.05) is 17.9 Å². The average molecular weight is 287 g/mol. The van der Waals surface area contributed by atoms with Gasteiger partial charge in [-0.2, -0.15) is 13.2 Å². The van der Waals surface area contributed by atoms with Crippen LogP contribution < -0.4 is 10.5 Å². The van der Waals surface area contributed by atoms with Crippen molar-refractivity contribution in [3.8, 4) is 17.6 Å². The fourth-order valence-electron chi connectivity index (χ4n) is 1.33. The molecule has 0 saturated heterocycles. The van der Waals surface area contributed by atoms with Gasteiger partial charge in [0.2, 0.25) is 0 Å². The Morgan fingerprint density at radius 3 is 2.65 bits per heavy atom. The van der Waals surface area contributed by atoms with Gasteiger partial charge in [-0.25, -0.2) is 0 Å². The third-order valence-electron chi connectivity index (χ3n) is 2.20. The first-order valence-electron chi connectivity index (χ1n) is 6.07. The van der Waals surface area contributed by atoms with Crippen LogP contribution in [0.5, 0.6) is 5.75 Å². The van der Waals surface area contributed by atoms with Gasteiger partial charge in [0.25, 0.3) is 0 Å². The molecule has 0 spiro atoms. The van der Waals surface area contributed by atoms with Crippen molar-refractivity contribution in [3.05, 3.63) is 29.8 Å². The largest absolute Gasteiger partial charge is 0.491 e. The van der Waals surface area contributed by atoms with Crippen molar-refractivity contribution < 1.29 is 22.6 Å². The molecule has 0 heterocycles. The monoisotopic (exact) mass is 287 g/mol. The van der Waals surface area contributed by atoms with Gasteiger partial charge in [0, 0.05) is 5.56 Å². The second kappa shape index (κ2) is 8.46. The van der Waals surface area contributed by atoms with E-state index in [1.54, 1.807) is 18.2 Å². The van der Waals surface area contributed by atoms with Crippen molar-refractivity contribution in [2.24, 2.45) is 5.73 Å². The van der Waals surface area contributed by atoms with Crippen LogP contribution in [0.2, 0.25) is 0 Å². The number of ether oxygens (including phenoxy) is 2. The summed E-state index contributed by atoms with van der Waals surface area (Å²) in [6, 6.07) is 7.07. The van der Waals surface area contributed by atoms with Crippen molar-refractivity contribution in [1.82, 2.24) is 0 Å². The maximum Gasteiger partial charge on any atom is 0.391 e. The van der Waals surface area contributed by atoms with Gasteiger partial charge >= 0.3 is 6.18 Å². The molecule has 20 heavy (non-hydrogen) atoms. The summed E-state index contributed by atoms with van der Waals surface area (Å²) < 4.78 is 45.7. The maximum absolute atomic E-state index is 11.8. The van der Waals surface area contributed by atoms with E-state index in [0.717, 1.165) is 5.56 Å². The molecule has 0 bridgehead atoms. The fraction of sp³-hybridized carbons (Fsp3) is 0.429. The Balaban J connectivity index is 2.25. The molecule has 2 N–H and O–H groups in total. The van der Waals surface area contributed by atoms with E-state index in [-0.39, 0.29) is 26.4 Å². The molecule has 0 aliphatic carbocycles. The molecule has 0 saturated carbocycles. The number of alkyl halides is 3. The number of hydrogen-bond acceptors (Lipinski definition) is 3. The summed E-state index contributed by atoms with van der Waals surface area (Å²) in [7, 11) is 0. The SMILES string of the molecule is NCC#Cc1cccc(OCCOCCC(F)(F)F)c1. The average Bonchev–Trinajstić information content (AvgIpc) is 2.40. The topological polar surface area (TPSA) is 44.5 Å². The Hall–Kier alpha value is -1.71. The van der Waals surface area contributed by atoms with Crippen LogP contribution in [0.4, 0.5) is 13.2 Å². The number of benzene rings is 1. The normalized spacial score (nSPS) is 10.8. The Morgan fingerprint density at radius 1 is 1.15 bits per heavy atom. The van der Waals surface area contributed by atoms with Crippen LogP contribution in [0.15, 0.2) is 24.3 Å². The Morgan fingerprint density at radius 2 is 1.95 bits per heavy atom. The molecule has 0 atom stereocenters. The Labute approximate surface area is 115 Å². The zero-order valence-electron chi connectivity index (χ0n) is 10.9. The summed E-state index contributed by atoms with van der Waals surface area (Å²) in [5, 5.41) is 0. The second-order valence-corrected chi connectivity index (χ2v) is 3.86. The molecule has 0 unspecified atom stereocenters. The van der Waals surface area contributed by atoms with Crippen LogP contribution in [0.1, 0.15) is 12.0 Å². The predicted molar refractivity (Wildman–Crippen MR) is 69.4 cm³/mol. The van der Waals surface area contributed by atoms with Crippen LogP contribution in [0.25, 0.3) is 0 Å². The lowest BCUT2D eigenvalue weighted by Crippen LogP contribution is -2.14. The van der Waals surface area contributed by atoms with Crippen LogP contribution >= 0.6 is 0 Å². The van der Waals surface area contributed by atoms with Crippen LogP contribution in [-0.2, 0) is 4.74 Å². The highest BCUT2D eigenvalue weighted by molar-refractivity contribution is 5.39. The lowest BCUT2D eigenvalue weighted by molar-refractivity contribution is -0.145. The van der Waals surface area contributed by atoms with E-state index in [1.807, 2.05) is 6.07 Å². The minimum absolute atomic E-state index is 0.106. The van der Waals surface area contributed by atoms with E-state index in [4.69, 9.17) is 15.2 Å². The van der Waals surface area contributed by atoms with Crippen LogP contribution in [0, 0.1) is 11.8 Å². The highest BCUT2D eigenvalue weighted by Gasteiger charge is 2.26. The Bertz CT molecular complexity index is 463. The van der Waals surface area contributed by atoms with E-state index in [1.165, 1.54) is 0 Å². The molecule has 1 rings (SSSR count). The van der Waals surface area contributed by atoms with Crippen molar-refractivity contribution in [3.63, 3.8) is 0 Å². The van der Waals surface area contributed by atoms with E-state index < -0.39 is 12.6 Å². The molecule has 0 aromatic heterocycles. The zero-order chi connectivity index (χ0) is 14.8. The van der Waals surface area contributed by atoms with Gasteiger partial charge in [-0.05, 0) is 18.2 Å². The van der Waals surface area contributed by atoms with Crippen LogP contribution in [-0.4, -0.2) is 32.5 Å². The molecule has 0 aliphatic rings. The van der Waals surface area contributed by atoms with E-state index in [0.29, 0.717) is 5.75 Å². The summed E-state index contributed by atoms with van der Waals surface area (Å²) >= 11 is 0. The minimum atomic E-state index is -4.18. The van der Waals surface area contributed by atoms with E-state index in [2.05, 4.69) is 11.8 Å². The van der Waals surface area contributed by atoms with Gasteiger partial charge in [0.1, 0.15) is 12.4 Å². The number of hydrogen-bond donors (Lipinski definition) is 1. The smallest absolute Gasteiger partial charge is 0.391 e. The molecule has 3 nitrogen and oxygen atoms in total. The lowest BCUT2D eigenvalue weighted by Gasteiger charge is -2.08. The zero-order valence-corrected chi connectivity index (χ0v) is 10.9. The number of nitrogens with two attached hydrogens (primary N) is 1. The van der Waals surface area contributed by atoms with Gasteiger partial charge < -0.3 is 15.2 Å². The summed E-state index contributed by atoms with van der Waals surface area (Å²) in [5.41, 5.74) is 6.04. The molecule has 1 aromatic rings. The van der Waals surface area contributed by atoms with Gasteiger partial charge in [-0.15, -0.1) is 0 Å². The molecule has 6 heteroatoms. The quantitative estimate of drug-likeness (QED) is 0.645. The van der Waals surface area contributed by atoms with Crippen molar-refractivity contribution >= 4 is 0 Å². The lowest BCUT2D eigenvalue weighted by atomic mass is 10.2. The van der Waals surface area contributed by atoms with Gasteiger partial charge in [0.15, 0.2) is 0 Å². The number of rotatable bonds is 6. The first-order chi connectivity index (χ1) is 9.51. The maximum atomic E-state index is 11.8. The van der Waals surface area contributed by atoms with Gasteiger partial charge in [0.05, 0.1) is 26.2 Å². The minimum Gasteiger partial charge on any atom is -0.491 e. The highest BCUT2D eigenvalue weighted by atomic mass is 19.4. The number of halogens is 3. The predicted octanol–water partition coefficient (Wildman–Crippen LogP) is 2.34. The molecule has 110 valence electrons. The van der Waals surface area contributed by atoms with E-state index in [9.17, 15) is 13.2 Å². The highest BCUT2D eigenvalue weighted by Crippen LogP contribution is 2.19. The molecule has 1 aromatic carbocycles. The van der Waals surface area contributed by atoms with Crippen molar-refractivity contribution in [1.29, 1.82) is 0 Å². The third kappa shape index (κ3) is 7.67. The molecule has 0 radical (unpaired) electrons. The molecular formula is C14H16F3NO2. The summed E-state index contributed by atoms with van der Waals surface area (Å²) in [4.78, 5) is 0.